The molecule has 0 aliphatic heterocycles. The van der Waals surface area contributed by atoms with Gasteiger partial charge in [0.1, 0.15) is 0 Å². The number of allylic oxidation sites excluding steroid dienone is 2. The highest BCUT2D eigenvalue weighted by Gasteiger charge is 2.80. The normalized spacial score (nSPS) is 19.2. The Morgan fingerprint density at radius 2 is 1.39 bits per heavy atom. The first-order chi connectivity index (χ1) is 15.4. The van der Waals surface area contributed by atoms with Crippen LogP contribution in [-0.4, -0.2) is 17.8 Å². The van der Waals surface area contributed by atoms with Gasteiger partial charge in [0.15, 0.2) is 0 Å². The van der Waals surface area contributed by atoms with Crippen LogP contribution in [0, 0.1) is 10.5 Å². The molecule has 172 valence electrons. The zero-order chi connectivity index (χ0) is 23.9. The van der Waals surface area contributed by atoms with Crippen LogP contribution >= 0.6 is 45.3 Å². The summed E-state index contributed by atoms with van der Waals surface area (Å²) in [6.07, 6.45) is 0.249. The Labute approximate surface area is 207 Å². The van der Waals surface area contributed by atoms with Crippen LogP contribution in [0.1, 0.15) is 27.8 Å². The molecule has 0 fully saturated rings. The molecule has 0 saturated carbocycles. The number of thiophene rings is 2. The third-order valence-electron chi connectivity index (χ3n) is 5.98. The van der Waals surface area contributed by atoms with Crippen molar-refractivity contribution in [2.75, 3.05) is 0 Å². The maximum atomic E-state index is 15.5. The molecule has 4 aromatic rings. The van der Waals surface area contributed by atoms with Crippen LogP contribution in [0.25, 0.3) is 31.3 Å². The van der Waals surface area contributed by atoms with E-state index in [1.54, 1.807) is 43.3 Å². The van der Waals surface area contributed by atoms with E-state index >= 15 is 17.6 Å². The van der Waals surface area contributed by atoms with Crippen LogP contribution in [-0.2, 0) is 6.42 Å². The predicted octanol–water partition coefficient (Wildman–Crippen LogP) is 9.42. The van der Waals surface area contributed by atoms with Gasteiger partial charge in [-0.25, -0.2) is 0 Å². The fourth-order valence-electron chi connectivity index (χ4n) is 4.51. The Kier molecular flexibility index (Phi) is 5.23. The lowest BCUT2D eigenvalue weighted by Gasteiger charge is -2.26. The third kappa shape index (κ3) is 3.00. The molecule has 1 aliphatic rings. The first-order valence-electron chi connectivity index (χ1n) is 10.0. The van der Waals surface area contributed by atoms with Gasteiger partial charge in [-0.15, -0.1) is 22.7 Å². The third-order valence-corrected chi connectivity index (χ3v) is 9.04. The molecule has 0 saturated heterocycles. The van der Waals surface area contributed by atoms with Crippen LogP contribution in [0.5, 0.6) is 0 Å². The molecule has 1 aliphatic carbocycles. The van der Waals surface area contributed by atoms with Crippen LogP contribution in [0.3, 0.4) is 0 Å². The van der Waals surface area contributed by atoms with Crippen molar-refractivity contribution < 1.29 is 26.3 Å². The van der Waals surface area contributed by atoms with Crippen molar-refractivity contribution in [2.24, 2.45) is 0 Å². The van der Waals surface area contributed by atoms with Crippen molar-refractivity contribution in [1.29, 1.82) is 0 Å². The first kappa shape index (κ1) is 23.2. The van der Waals surface area contributed by atoms with E-state index in [1.165, 1.54) is 24.3 Å². The molecule has 0 radical (unpaired) electrons. The zero-order valence-corrected chi connectivity index (χ0v) is 21.0. The van der Waals surface area contributed by atoms with Crippen LogP contribution in [0.4, 0.5) is 26.3 Å². The Morgan fingerprint density at radius 1 is 0.788 bits per heavy atom. The average molecular weight is 608 g/mol. The smallest absolute Gasteiger partial charge is 0.194 e. The van der Waals surface area contributed by atoms with Gasteiger partial charge in [0.2, 0.25) is 0 Å². The highest BCUT2D eigenvalue weighted by molar-refractivity contribution is 14.1. The maximum Gasteiger partial charge on any atom is 0.380 e. The minimum absolute atomic E-state index is 0.194. The molecule has 0 amide bonds. The summed E-state index contributed by atoms with van der Waals surface area (Å²) < 4.78 is 93.5. The van der Waals surface area contributed by atoms with Crippen LogP contribution < -0.4 is 0 Å². The topological polar surface area (TPSA) is 0 Å². The fourth-order valence-corrected chi connectivity index (χ4v) is 7.47. The Bertz CT molecular complexity index is 1460. The van der Waals surface area contributed by atoms with Gasteiger partial charge in [0.25, 0.3) is 0 Å². The number of rotatable bonds is 3. The molecule has 0 N–H and O–H groups in total. The van der Waals surface area contributed by atoms with Gasteiger partial charge in [-0.2, -0.15) is 26.3 Å². The lowest BCUT2D eigenvalue weighted by Crippen LogP contribution is -2.49. The number of hydrogen-bond donors (Lipinski definition) is 0. The molecule has 0 atom stereocenters. The van der Waals surface area contributed by atoms with Crippen LogP contribution in [0.15, 0.2) is 42.5 Å². The van der Waals surface area contributed by atoms with E-state index in [2.05, 4.69) is 22.6 Å². The van der Waals surface area contributed by atoms with Crippen molar-refractivity contribution in [2.45, 2.75) is 38.0 Å². The number of benzene rings is 2. The monoisotopic (exact) mass is 608 g/mol. The van der Waals surface area contributed by atoms with Gasteiger partial charge in [-0.1, -0.05) is 31.2 Å². The summed E-state index contributed by atoms with van der Waals surface area (Å²) in [6, 6.07) is 11.4. The molecular weight excluding hydrogens is 593 g/mol. The van der Waals surface area contributed by atoms with E-state index < -0.39 is 28.9 Å². The molecular formula is C24H15F6IS2. The van der Waals surface area contributed by atoms with Gasteiger partial charge >= 0.3 is 17.8 Å². The van der Waals surface area contributed by atoms with E-state index in [-0.39, 0.29) is 28.3 Å². The molecule has 2 heterocycles. The maximum absolute atomic E-state index is 15.5. The molecule has 2 aromatic heterocycles. The van der Waals surface area contributed by atoms with E-state index in [0.29, 0.717) is 19.2 Å². The van der Waals surface area contributed by atoms with Gasteiger partial charge < -0.3 is 0 Å². The second kappa shape index (κ2) is 7.45. The first-order valence-corrected chi connectivity index (χ1v) is 12.7. The van der Waals surface area contributed by atoms with E-state index in [0.717, 1.165) is 14.9 Å². The van der Waals surface area contributed by atoms with E-state index in [9.17, 15) is 8.78 Å². The summed E-state index contributed by atoms with van der Waals surface area (Å²) in [6.45, 7) is 3.21. The minimum Gasteiger partial charge on any atom is -0.194 e. The molecule has 0 unspecified atom stereocenters. The lowest BCUT2D eigenvalue weighted by atomic mass is 9.91. The Morgan fingerprint density at radius 3 is 2.06 bits per heavy atom. The van der Waals surface area contributed by atoms with Crippen molar-refractivity contribution in [3.63, 3.8) is 0 Å². The summed E-state index contributed by atoms with van der Waals surface area (Å²) in [5.41, 5.74) is -2.94. The number of fused-ring (bicyclic) bond motifs is 2. The van der Waals surface area contributed by atoms with E-state index in [1.807, 2.05) is 0 Å². The number of halogens is 7. The highest BCUT2D eigenvalue weighted by Crippen LogP contribution is 2.67. The lowest BCUT2D eigenvalue weighted by molar-refractivity contribution is -0.254. The van der Waals surface area contributed by atoms with Crippen molar-refractivity contribution in [3.8, 4) is 0 Å². The SMILES string of the molecule is CCc1sc2cc(I)ccc2c1C1=C(c2c(C)sc3ccccc23)C(F)(F)C(F)(F)C1(F)F. The second-order valence-electron chi connectivity index (χ2n) is 7.90. The summed E-state index contributed by atoms with van der Waals surface area (Å²) in [4.78, 5) is 0.675. The minimum atomic E-state index is -5.57. The molecule has 0 nitrogen and oxygen atoms in total. The molecule has 9 heteroatoms. The molecule has 2 aromatic carbocycles. The Balaban J connectivity index is 2.00. The zero-order valence-electron chi connectivity index (χ0n) is 17.2. The Hall–Kier alpha value is -1.59. The van der Waals surface area contributed by atoms with Crippen molar-refractivity contribution >= 4 is 76.6 Å². The summed E-state index contributed by atoms with van der Waals surface area (Å²) in [5.74, 6) is -15.7. The number of aryl methyl sites for hydroxylation is 2. The largest absolute Gasteiger partial charge is 0.380 e. The second-order valence-corrected chi connectivity index (χ2v) is 11.5. The fraction of sp³-hybridized carbons (Fsp3) is 0.250. The quantitative estimate of drug-likeness (QED) is 0.161. The number of alkyl halides is 6. The molecule has 33 heavy (non-hydrogen) atoms. The average Bonchev–Trinajstić information content (AvgIpc) is 3.29. The summed E-state index contributed by atoms with van der Waals surface area (Å²) in [7, 11) is 0. The summed E-state index contributed by atoms with van der Waals surface area (Å²) in [5, 5.41) is 0.558. The molecule has 0 spiro atoms. The van der Waals surface area contributed by atoms with Gasteiger partial charge in [0.05, 0.1) is 0 Å². The van der Waals surface area contributed by atoms with Crippen molar-refractivity contribution in [3.05, 3.63) is 66.9 Å². The standard InChI is InChI=1S/C24H15F6IS2/c1-3-15-19(14-9-8-12(31)10-17(14)33-15)21-20(22(25,26)24(29,30)23(21,27)28)18-11(2)32-16-7-5-4-6-13(16)18/h4-10H,3H2,1-2H3. The van der Waals surface area contributed by atoms with Gasteiger partial charge in [-0.3, -0.25) is 0 Å². The van der Waals surface area contributed by atoms with Crippen molar-refractivity contribution in [1.82, 2.24) is 0 Å². The van der Waals surface area contributed by atoms with Gasteiger partial charge in [0, 0.05) is 55.8 Å². The molecule has 0 bridgehead atoms. The van der Waals surface area contributed by atoms with E-state index in [4.69, 9.17) is 0 Å². The summed E-state index contributed by atoms with van der Waals surface area (Å²) >= 11 is 4.36. The number of hydrogen-bond acceptors (Lipinski definition) is 2. The molecule has 5 rings (SSSR count). The van der Waals surface area contributed by atoms with Gasteiger partial charge in [-0.05, 0) is 54.1 Å². The highest BCUT2D eigenvalue weighted by atomic mass is 127. The van der Waals surface area contributed by atoms with Crippen LogP contribution in [0.2, 0.25) is 0 Å². The predicted molar refractivity (Wildman–Crippen MR) is 132 cm³/mol.